The molecule has 0 amide bonds. The van der Waals surface area contributed by atoms with Gasteiger partial charge in [0.25, 0.3) is 5.56 Å². The number of ether oxygens (including phenoxy) is 1. The zero-order valence-electron chi connectivity index (χ0n) is 16.8. The van der Waals surface area contributed by atoms with Crippen LogP contribution in [-0.4, -0.2) is 22.4 Å². The second-order valence-corrected chi connectivity index (χ2v) is 9.50. The zero-order chi connectivity index (χ0) is 20.5. The van der Waals surface area contributed by atoms with Gasteiger partial charge in [-0.2, -0.15) is 0 Å². The van der Waals surface area contributed by atoms with E-state index in [2.05, 4.69) is 24.3 Å². The Kier molecular flexibility index (Phi) is 5.35. The van der Waals surface area contributed by atoms with Crippen LogP contribution in [0.25, 0.3) is 15.9 Å². The van der Waals surface area contributed by atoms with Crippen molar-refractivity contribution in [3.63, 3.8) is 0 Å². The van der Waals surface area contributed by atoms with E-state index in [0.29, 0.717) is 0 Å². The average molecular weight is 435 g/mol. The van der Waals surface area contributed by atoms with Gasteiger partial charge in [-0.3, -0.25) is 9.36 Å². The van der Waals surface area contributed by atoms with Crippen molar-refractivity contribution < 1.29 is 4.74 Å². The number of nitrogens with zero attached hydrogens (tertiary/aromatic N) is 2. The molecule has 0 fully saturated rings. The van der Waals surface area contributed by atoms with E-state index in [1.54, 1.807) is 34.8 Å². The molecule has 2 aromatic heterocycles. The summed E-state index contributed by atoms with van der Waals surface area (Å²) < 4.78 is 7.07. The third-order valence-electron chi connectivity index (χ3n) is 5.50. The van der Waals surface area contributed by atoms with Crippen molar-refractivity contribution in [2.24, 2.45) is 0 Å². The lowest BCUT2D eigenvalue weighted by Gasteiger charge is -2.13. The quantitative estimate of drug-likeness (QED) is 0.306. The molecule has 0 atom stereocenters. The molecule has 0 N–H and O–H groups in total. The van der Waals surface area contributed by atoms with E-state index in [-0.39, 0.29) is 5.56 Å². The summed E-state index contributed by atoms with van der Waals surface area (Å²) in [4.78, 5) is 20.8. The first kappa shape index (κ1) is 19.4. The normalized spacial score (nSPS) is 13.0. The highest BCUT2D eigenvalue weighted by Gasteiger charge is 2.23. The molecule has 0 unspecified atom stereocenters. The van der Waals surface area contributed by atoms with Gasteiger partial charge in [0.15, 0.2) is 5.16 Å². The fourth-order valence-corrected chi connectivity index (χ4v) is 6.29. The topological polar surface area (TPSA) is 44.1 Å². The molecule has 1 aliphatic rings. The molecule has 0 saturated carbocycles. The number of thiophene rings is 1. The van der Waals surface area contributed by atoms with E-state index in [1.165, 1.54) is 16.0 Å². The lowest BCUT2D eigenvalue weighted by atomic mass is 10.2. The van der Waals surface area contributed by atoms with Crippen molar-refractivity contribution >= 4 is 33.3 Å². The Morgan fingerprint density at radius 1 is 1.10 bits per heavy atom. The smallest absolute Gasteiger partial charge is 0.267 e. The van der Waals surface area contributed by atoms with Crippen molar-refractivity contribution in [3.8, 4) is 11.4 Å². The SMILES string of the molecule is COc1ccc(-n2c(SCCc3ccccc3)nc3sc4c(c3c2=O)CCC4)cc1. The first-order valence-electron chi connectivity index (χ1n) is 10.1. The molecular formula is C24H22N2O2S2. The molecule has 2 aromatic carbocycles. The minimum absolute atomic E-state index is 0.0479. The monoisotopic (exact) mass is 434 g/mol. The highest BCUT2D eigenvalue weighted by Crippen LogP contribution is 2.36. The molecule has 4 nitrogen and oxygen atoms in total. The Bertz CT molecular complexity index is 1240. The first-order valence-corrected chi connectivity index (χ1v) is 11.9. The van der Waals surface area contributed by atoms with Gasteiger partial charge in [0.05, 0.1) is 18.2 Å². The van der Waals surface area contributed by atoms with Gasteiger partial charge in [0.1, 0.15) is 10.6 Å². The van der Waals surface area contributed by atoms with Crippen LogP contribution in [0.4, 0.5) is 0 Å². The van der Waals surface area contributed by atoms with Crippen LogP contribution in [-0.2, 0) is 19.3 Å². The van der Waals surface area contributed by atoms with Gasteiger partial charge in [-0.15, -0.1) is 11.3 Å². The number of aromatic nitrogens is 2. The minimum atomic E-state index is 0.0479. The Labute approximate surface area is 183 Å². The maximum absolute atomic E-state index is 13.6. The van der Waals surface area contributed by atoms with Crippen LogP contribution < -0.4 is 10.3 Å². The fraction of sp³-hybridized carbons (Fsp3) is 0.250. The van der Waals surface area contributed by atoms with Crippen LogP contribution >= 0.6 is 23.1 Å². The predicted octanol–water partition coefficient (Wildman–Crippen LogP) is 5.28. The Morgan fingerprint density at radius 2 is 1.90 bits per heavy atom. The van der Waals surface area contributed by atoms with Crippen molar-refractivity contribution in [1.82, 2.24) is 9.55 Å². The van der Waals surface area contributed by atoms with E-state index in [1.807, 2.05) is 30.3 Å². The summed E-state index contributed by atoms with van der Waals surface area (Å²) in [5.74, 6) is 1.64. The van der Waals surface area contributed by atoms with E-state index < -0.39 is 0 Å². The molecular weight excluding hydrogens is 412 g/mol. The Balaban J connectivity index is 1.57. The van der Waals surface area contributed by atoms with Crippen molar-refractivity contribution in [3.05, 3.63) is 81.0 Å². The summed E-state index contributed by atoms with van der Waals surface area (Å²) in [7, 11) is 1.65. The molecule has 6 heteroatoms. The first-order chi connectivity index (χ1) is 14.7. The zero-order valence-corrected chi connectivity index (χ0v) is 18.4. The van der Waals surface area contributed by atoms with Gasteiger partial charge in [-0.25, -0.2) is 4.98 Å². The summed E-state index contributed by atoms with van der Waals surface area (Å²) in [5, 5.41) is 1.57. The molecule has 4 aromatic rings. The molecule has 0 radical (unpaired) electrons. The number of aryl methyl sites for hydroxylation is 3. The number of benzene rings is 2. The summed E-state index contributed by atoms with van der Waals surface area (Å²) in [6.07, 6.45) is 4.11. The van der Waals surface area contributed by atoms with Gasteiger partial charge >= 0.3 is 0 Å². The Hall–Kier alpha value is -2.57. The van der Waals surface area contributed by atoms with Gasteiger partial charge in [-0.1, -0.05) is 42.1 Å². The fourth-order valence-electron chi connectivity index (χ4n) is 3.99. The summed E-state index contributed by atoms with van der Waals surface area (Å²) in [6.45, 7) is 0. The predicted molar refractivity (Wildman–Crippen MR) is 125 cm³/mol. The molecule has 0 spiro atoms. The molecule has 0 aliphatic heterocycles. The Morgan fingerprint density at radius 3 is 2.67 bits per heavy atom. The van der Waals surface area contributed by atoms with Gasteiger partial charge < -0.3 is 4.74 Å². The lowest BCUT2D eigenvalue weighted by Crippen LogP contribution is -2.22. The van der Waals surface area contributed by atoms with Crippen LogP contribution in [0.5, 0.6) is 5.75 Å². The largest absolute Gasteiger partial charge is 0.497 e. The molecule has 30 heavy (non-hydrogen) atoms. The molecule has 0 bridgehead atoms. The molecule has 2 heterocycles. The standard InChI is InChI=1S/C24H22N2O2S2/c1-28-18-12-10-17(11-13-18)26-23(27)21-19-8-5-9-20(19)30-22(21)25-24(26)29-15-14-16-6-3-2-4-7-16/h2-4,6-7,10-13H,5,8-9,14-15H2,1H3. The number of hydrogen-bond acceptors (Lipinski definition) is 5. The maximum atomic E-state index is 13.6. The van der Waals surface area contributed by atoms with Gasteiger partial charge in [-0.05, 0) is 61.1 Å². The number of rotatable bonds is 6. The lowest BCUT2D eigenvalue weighted by molar-refractivity contribution is 0.414. The van der Waals surface area contributed by atoms with Crippen LogP contribution in [0.3, 0.4) is 0 Å². The number of fused-ring (bicyclic) bond motifs is 3. The second kappa shape index (κ2) is 8.28. The van der Waals surface area contributed by atoms with E-state index >= 15 is 0 Å². The van der Waals surface area contributed by atoms with Crippen molar-refractivity contribution in [1.29, 1.82) is 0 Å². The van der Waals surface area contributed by atoms with Crippen LogP contribution in [0, 0.1) is 0 Å². The van der Waals surface area contributed by atoms with E-state index in [4.69, 9.17) is 9.72 Å². The molecule has 1 aliphatic carbocycles. The van der Waals surface area contributed by atoms with Crippen molar-refractivity contribution in [2.45, 2.75) is 30.8 Å². The summed E-state index contributed by atoms with van der Waals surface area (Å²) in [5.41, 5.74) is 3.39. The van der Waals surface area contributed by atoms with E-state index in [0.717, 1.165) is 58.2 Å². The summed E-state index contributed by atoms with van der Waals surface area (Å²) in [6, 6.07) is 18.1. The highest BCUT2D eigenvalue weighted by atomic mass is 32.2. The number of hydrogen-bond donors (Lipinski definition) is 0. The molecule has 5 rings (SSSR count). The third-order valence-corrected chi connectivity index (χ3v) is 7.63. The van der Waals surface area contributed by atoms with E-state index in [9.17, 15) is 4.79 Å². The van der Waals surface area contributed by atoms with Crippen LogP contribution in [0.2, 0.25) is 0 Å². The number of thioether (sulfide) groups is 1. The average Bonchev–Trinajstić information content (AvgIpc) is 3.36. The van der Waals surface area contributed by atoms with Crippen molar-refractivity contribution in [2.75, 3.05) is 12.9 Å². The van der Waals surface area contributed by atoms with Gasteiger partial charge in [0, 0.05) is 10.6 Å². The van der Waals surface area contributed by atoms with Crippen LogP contribution in [0.1, 0.15) is 22.4 Å². The second-order valence-electron chi connectivity index (χ2n) is 7.35. The third kappa shape index (κ3) is 3.55. The molecule has 152 valence electrons. The minimum Gasteiger partial charge on any atom is -0.497 e. The number of methoxy groups -OCH3 is 1. The van der Waals surface area contributed by atoms with Gasteiger partial charge in [0.2, 0.25) is 0 Å². The molecule has 0 saturated heterocycles. The summed E-state index contributed by atoms with van der Waals surface area (Å²) >= 11 is 3.34. The van der Waals surface area contributed by atoms with Crippen LogP contribution in [0.15, 0.2) is 64.5 Å². The maximum Gasteiger partial charge on any atom is 0.267 e. The highest BCUT2D eigenvalue weighted by molar-refractivity contribution is 7.99.